The predicted octanol–water partition coefficient (Wildman–Crippen LogP) is 4.67. The molecule has 0 saturated carbocycles. The number of aromatic nitrogens is 1. The number of anilines is 1. The first-order valence-electron chi connectivity index (χ1n) is 7.46. The number of pyridine rings is 1. The highest BCUT2D eigenvalue weighted by atomic mass is 14.9. The smallest absolute Gasteiger partial charge is 0.0437 e. The maximum absolute atomic E-state index is 4.23. The molecule has 1 unspecified atom stereocenters. The number of benzene rings is 2. The van der Waals surface area contributed by atoms with E-state index in [1.807, 2.05) is 12.4 Å². The molecule has 21 heavy (non-hydrogen) atoms. The molecule has 0 saturated heterocycles. The second-order valence-electron chi connectivity index (χ2n) is 5.47. The van der Waals surface area contributed by atoms with Crippen molar-refractivity contribution in [3.63, 3.8) is 0 Å². The van der Waals surface area contributed by atoms with Crippen LogP contribution in [0.3, 0.4) is 0 Å². The molecular formula is C19H20N2. The molecule has 0 aliphatic heterocycles. The van der Waals surface area contributed by atoms with Crippen molar-refractivity contribution in [1.82, 2.24) is 4.98 Å². The van der Waals surface area contributed by atoms with E-state index in [4.69, 9.17) is 0 Å². The first-order chi connectivity index (χ1) is 10.3. The van der Waals surface area contributed by atoms with E-state index in [-0.39, 0.29) is 0 Å². The molecule has 0 radical (unpaired) electrons. The molecule has 0 fully saturated rings. The fraction of sp³-hybridized carbons (Fsp3) is 0.211. The Hall–Kier alpha value is -2.35. The summed E-state index contributed by atoms with van der Waals surface area (Å²) in [6.45, 7) is 2.23. The van der Waals surface area contributed by atoms with Gasteiger partial charge in [-0.2, -0.15) is 0 Å². The Morgan fingerprint density at radius 3 is 2.71 bits per heavy atom. The van der Waals surface area contributed by atoms with E-state index in [9.17, 15) is 0 Å². The summed E-state index contributed by atoms with van der Waals surface area (Å²) in [4.78, 5) is 4.23. The van der Waals surface area contributed by atoms with Gasteiger partial charge in [0, 0.05) is 29.5 Å². The zero-order valence-electron chi connectivity index (χ0n) is 12.3. The van der Waals surface area contributed by atoms with Gasteiger partial charge in [-0.1, -0.05) is 42.5 Å². The lowest BCUT2D eigenvalue weighted by atomic mass is 10.1. The lowest BCUT2D eigenvalue weighted by Gasteiger charge is -2.17. The van der Waals surface area contributed by atoms with Crippen LogP contribution in [0.1, 0.15) is 18.9 Å². The summed E-state index contributed by atoms with van der Waals surface area (Å²) < 4.78 is 0. The highest BCUT2D eigenvalue weighted by Gasteiger charge is 2.05. The molecule has 1 heterocycles. The molecule has 1 atom stereocenters. The van der Waals surface area contributed by atoms with Gasteiger partial charge >= 0.3 is 0 Å². The van der Waals surface area contributed by atoms with Crippen LogP contribution in [-0.4, -0.2) is 11.0 Å². The number of hydrogen-bond donors (Lipinski definition) is 1. The number of fused-ring (bicyclic) bond motifs is 1. The van der Waals surface area contributed by atoms with Crippen LogP contribution >= 0.6 is 0 Å². The second kappa shape index (κ2) is 6.40. The molecular weight excluding hydrogens is 256 g/mol. The average Bonchev–Trinajstić information content (AvgIpc) is 2.54. The molecule has 0 spiro atoms. The molecule has 0 amide bonds. The normalized spacial score (nSPS) is 12.2. The van der Waals surface area contributed by atoms with Crippen molar-refractivity contribution in [2.24, 2.45) is 0 Å². The van der Waals surface area contributed by atoms with Crippen molar-refractivity contribution in [2.75, 3.05) is 5.32 Å². The standard InChI is InChI=1S/C19H20N2/c1-15(10-11-16-6-3-2-4-7-16)21-19-9-5-8-17-12-13-20-14-18(17)19/h2-9,12-15,21H,10-11H2,1H3. The van der Waals surface area contributed by atoms with Gasteiger partial charge in [0.1, 0.15) is 0 Å². The Kier molecular flexibility index (Phi) is 4.15. The number of rotatable bonds is 5. The first kappa shape index (κ1) is 13.6. The van der Waals surface area contributed by atoms with E-state index in [2.05, 4.69) is 71.8 Å². The third kappa shape index (κ3) is 3.40. The van der Waals surface area contributed by atoms with Crippen molar-refractivity contribution in [3.8, 4) is 0 Å². The van der Waals surface area contributed by atoms with Gasteiger partial charge in [-0.05, 0) is 42.8 Å². The summed E-state index contributed by atoms with van der Waals surface area (Å²) in [5.41, 5.74) is 2.56. The molecule has 0 bridgehead atoms. The van der Waals surface area contributed by atoms with Crippen LogP contribution in [0.5, 0.6) is 0 Å². The van der Waals surface area contributed by atoms with Crippen molar-refractivity contribution >= 4 is 16.5 Å². The molecule has 1 aromatic heterocycles. The Balaban J connectivity index is 1.67. The van der Waals surface area contributed by atoms with E-state index in [0.29, 0.717) is 6.04 Å². The largest absolute Gasteiger partial charge is 0.382 e. The molecule has 3 aromatic rings. The maximum atomic E-state index is 4.23. The Labute approximate surface area is 125 Å². The van der Waals surface area contributed by atoms with Gasteiger partial charge in [-0.15, -0.1) is 0 Å². The minimum Gasteiger partial charge on any atom is -0.382 e. The molecule has 106 valence electrons. The van der Waals surface area contributed by atoms with Crippen LogP contribution in [0.15, 0.2) is 67.0 Å². The Morgan fingerprint density at radius 1 is 1.00 bits per heavy atom. The van der Waals surface area contributed by atoms with E-state index < -0.39 is 0 Å². The molecule has 0 aliphatic carbocycles. The monoisotopic (exact) mass is 276 g/mol. The lowest BCUT2D eigenvalue weighted by molar-refractivity contribution is 0.707. The summed E-state index contributed by atoms with van der Waals surface area (Å²) >= 11 is 0. The molecule has 2 nitrogen and oxygen atoms in total. The van der Waals surface area contributed by atoms with Crippen LogP contribution in [0.25, 0.3) is 10.8 Å². The van der Waals surface area contributed by atoms with E-state index in [1.54, 1.807) is 0 Å². The predicted molar refractivity (Wildman–Crippen MR) is 89.6 cm³/mol. The van der Waals surface area contributed by atoms with E-state index in [1.165, 1.54) is 22.0 Å². The summed E-state index contributed by atoms with van der Waals surface area (Å²) in [5, 5.41) is 6.03. The van der Waals surface area contributed by atoms with Crippen LogP contribution in [0.4, 0.5) is 5.69 Å². The van der Waals surface area contributed by atoms with Gasteiger partial charge in [0.05, 0.1) is 0 Å². The highest BCUT2D eigenvalue weighted by molar-refractivity contribution is 5.93. The number of aryl methyl sites for hydroxylation is 1. The molecule has 0 aliphatic rings. The number of nitrogens with zero attached hydrogens (tertiary/aromatic N) is 1. The van der Waals surface area contributed by atoms with Gasteiger partial charge < -0.3 is 5.32 Å². The van der Waals surface area contributed by atoms with Crippen molar-refractivity contribution < 1.29 is 0 Å². The van der Waals surface area contributed by atoms with Crippen molar-refractivity contribution in [1.29, 1.82) is 0 Å². The summed E-state index contributed by atoms with van der Waals surface area (Å²) in [7, 11) is 0. The number of nitrogens with one attached hydrogen (secondary N) is 1. The summed E-state index contributed by atoms with van der Waals surface area (Å²) in [5.74, 6) is 0. The first-order valence-corrected chi connectivity index (χ1v) is 7.46. The average molecular weight is 276 g/mol. The highest BCUT2D eigenvalue weighted by Crippen LogP contribution is 2.23. The fourth-order valence-electron chi connectivity index (χ4n) is 2.60. The van der Waals surface area contributed by atoms with Gasteiger partial charge in [0.15, 0.2) is 0 Å². The minimum absolute atomic E-state index is 0.427. The van der Waals surface area contributed by atoms with Crippen LogP contribution in [0, 0.1) is 0 Å². The number of hydrogen-bond acceptors (Lipinski definition) is 2. The zero-order valence-corrected chi connectivity index (χ0v) is 12.3. The third-order valence-corrected chi connectivity index (χ3v) is 3.79. The lowest BCUT2D eigenvalue weighted by Crippen LogP contribution is -2.16. The van der Waals surface area contributed by atoms with Gasteiger partial charge in [0.2, 0.25) is 0 Å². The third-order valence-electron chi connectivity index (χ3n) is 3.79. The van der Waals surface area contributed by atoms with Crippen LogP contribution < -0.4 is 5.32 Å². The molecule has 2 heteroatoms. The van der Waals surface area contributed by atoms with Crippen molar-refractivity contribution in [3.05, 3.63) is 72.6 Å². The zero-order chi connectivity index (χ0) is 14.5. The Morgan fingerprint density at radius 2 is 1.86 bits per heavy atom. The van der Waals surface area contributed by atoms with Gasteiger partial charge in [-0.3, -0.25) is 4.98 Å². The minimum atomic E-state index is 0.427. The SMILES string of the molecule is CC(CCc1ccccc1)Nc1cccc2ccncc12. The molecule has 3 rings (SSSR count). The van der Waals surface area contributed by atoms with Gasteiger partial charge in [-0.25, -0.2) is 0 Å². The quantitative estimate of drug-likeness (QED) is 0.732. The maximum Gasteiger partial charge on any atom is 0.0437 e. The summed E-state index contributed by atoms with van der Waals surface area (Å²) in [6.07, 6.45) is 5.98. The van der Waals surface area contributed by atoms with Crippen LogP contribution in [-0.2, 0) is 6.42 Å². The van der Waals surface area contributed by atoms with Crippen LogP contribution in [0.2, 0.25) is 0 Å². The fourth-order valence-corrected chi connectivity index (χ4v) is 2.60. The second-order valence-corrected chi connectivity index (χ2v) is 5.47. The molecule has 2 aromatic carbocycles. The van der Waals surface area contributed by atoms with E-state index in [0.717, 1.165) is 12.8 Å². The Bertz CT molecular complexity index is 702. The van der Waals surface area contributed by atoms with E-state index >= 15 is 0 Å². The molecule has 1 N–H and O–H groups in total. The van der Waals surface area contributed by atoms with Gasteiger partial charge in [0.25, 0.3) is 0 Å². The van der Waals surface area contributed by atoms with Crippen molar-refractivity contribution in [2.45, 2.75) is 25.8 Å². The summed E-state index contributed by atoms with van der Waals surface area (Å²) in [6, 6.07) is 19.5. The topological polar surface area (TPSA) is 24.9 Å².